The lowest BCUT2D eigenvalue weighted by molar-refractivity contribution is 1.04. The van der Waals surface area contributed by atoms with Crippen molar-refractivity contribution in [3.63, 3.8) is 0 Å². The summed E-state index contributed by atoms with van der Waals surface area (Å²) in [5.74, 6) is -0.0514. The van der Waals surface area contributed by atoms with Gasteiger partial charge in [-0.2, -0.15) is 4.99 Å². The number of hydrogen-bond donors (Lipinski definition) is 3. The molecule has 5 heteroatoms. The number of nitrogens with one attached hydrogen (secondary N) is 1. The molecule has 0 aliphatic rings. The first-order valence-corrected chi connectivity index (χ1v) is 6.03. The van der Waals surface area contributed by atoms with Gasteiger partial charge in [0.25, 0.3) is 0 Å². The number of anilines is 1. The van der Waals surface area contributed by atoms with E-state index >= 15 is 0 Å². The minimum atomic E-state index is -0.0983. The summed E-state index contributed by atoms with van der Waals surface area (Å²) in [5, 5.41) is 7.88. The van der Waals surface area contributed by atoms with Crippen LogP contribution >= 0.6 is 0 Å². The summed E-state index contributed by atoms with van der Waals surface area (Å²) >= 11 is 0. The zero-order chi connectivity index (χ0) is 13.7. The minimum Gasteiger partial charge on any atom is -0.370 e. The lowest BCUT2D eigenvalue weighted by atomic mass is 10.0. The van der Waals surface area contributed by atoms with Crippen molar-refractivity contribution in [3.8, 4) is 0 Å². The third-order valence-electron chi connectivity index (χ3n) is 2.85. The highest BCUT2D eigenvalue weighted by atomic mass is 15.3. The van der Waals surface area contributed by atoms with Crippen molar-refractivity contribution < 1.29 is 0 Å². The van der Waals surface area contributed by atoms with Gasteiger partial charge in [0.15, 0.2) is 5.96 Å². The van der Waals surface area contributed by atoms with Crippen molar-refractivity contribution in [1.82, 2.24) is 0 Å². The topological polar surface area (TPSA) is 91.5 Å². The van der Waals surface area contributed by atoms with Gasteiger partial charge in [0.1, 0.15) is 0 Å². The van der Waals surface area contributed by atoms with Crippen molar-refractivity contribution in [2.45, 2.75) is 26.7 Å². The van der Waals surface area contributed by atoms with Gasteiger partial charge in [-0.3, -0.25) is 5.41 Å². The number of guanidine groups is 2. The molecule has 0 saturated carbocycles. The zero-order valence-electron chi connectivity index (χ0n) is 11.2. The fourth-order valence-corrected chi connectivity index (χ4v) is 1.95. The molecule has 0 saturated heterocycles. The average Bonchev–Trinajstić information content (AvgIpc) is 2.35. The first kappa shape index (κ1) is 14.0. The maximum absolute atomic E-state index is 7.88. The quantitative estimate of drug-likeness (QED) is 0.557. The number of rotatable bonds is 3. The van der Waals surface area contributed by atoms with E-state index in [9.17, 15) is 0 Å². The van der Waals surface area contributed by atoms with Gasteiger partial charge in [0.2, 0.25) is 5.96 Å². The summed E-state index contributed by atoms with van der Waals surface area (Å²) in [7, 11) is 1.81. The predicted molar refractivity (Wildman–Crippen MR) is 77.1 cm³/mol. The molecule has 0 atom stereocenters. The molecule has 0 aliphatic heterocycles. The van der Waals surface area contributed by atoms with Crippen molar-refractivity contribution in [3.05, 3.63) is 29.3 Å². The third-order valence-corrected chi connectivity index (χ3v) is 2.85. The van der Waals surface area contributed by atoms with Crippen LogP contribution in [0.15, 0.2) is 23.2 Å². The zero-order valence-corrected chi connectivity index (χ0v) is 11.2. The fraction of sp³-hybridized carbons (Fsp3) is 0.385. The van der Waals surface area contributed by atoms with Gasteiger partial charge < -0.3 is 16.4 Å². The molecule has 0 bridgehead atoms. The molecule has 0 aromatic heterocycles. The Morgan fingerprint density at radius 2 is 1.72 bits per heavy atom. The molecule has 0 aliphatic carbocycles. The molecule has 0 fully saturated rings. The lowest BCUT2D eigenvalue weighted by Gasteiger charge is -2.23. The highest BCUT2D eigenvalue weighted by Crippen LogP contribution is 2.26. The van der Waals surface area contributed by atoms with E-state index in [0.29, 0.717) is 0 Å². The van der Waals surface area contributed by atoms with E-state index in [2.05, 4.69) is 31.0 Å². The first-order chi connectivity index (χ1) is 8.51. The summed E-state index contributed by atoms with van der Waals surface area (Å²) in [4.78, 5) is 5.51. The van der Waals surface area contributed by atoms with Crippen LogP contribution in [0.25, 0.3) is 0 Å². The molecule has 0 amide bonds. The summed E-state index contributed by atoms with van der Waals surface area (Å²) in [6.07, 6.45) is 1.81. The molecular formula is C13H21N5. The van der Waals surface area contributed by atoms with E-state index in [1.54, 1.807) is 4.90 Å². The number of para-hydroxylation sites is 1. The summed E-state index contributed by atoms with van der Waals surface area (Å²) in [6.45, 7) is 4.19. The Kier molecular flexibility index (Phi) is 4.71. The summed E-state index contributed by atoms with van der Waals surface area (Å²) < 4.78 is 0. The smallest absolute Gasteiger partial charge is 0.225 e. The number of nitrogens with two attached hydrogens (primary N) is 2. The molecule has 98 valence electrons. The molecule has 0 radical (unpaired) electrons. The van der Waals surface area contributed by atoms with E-state index in [-0.39, 0.29) is 11.9 Å². The van der Waals surface area contributed by atoms with Gasteiger partial charge in [0, 0.05) is 12.7 Å². The van der Waals surface area contributed by atoms with Gasteiger partial charge in [-0.15, -0.1) is 0 Å². The van der Waals surface area contributed by atoms with Gasteiger partial charge in [-0.1, -0.05) is 32.0 Å². The van der Waals surface area contributed by atoms with Crippen LogP contribution in [-0.2, 0) is 12.8 Å². The fourth-order valence-electron chi connectivity index (χ4n) is 1.95. The van der Waals surface area contributed by atoms with Crippen LogP contribution in [0.1, 0.15) is 25.0 Å². The maximum Gasteiger partial charge on any atom is 0.225 e. The van der Waals surface area contributed by atoms with Gasteiger partial charge in [-0.05, 0) is 24.0 Å². The molecule has 0 spiro atoms. The average molecular weight is 247 g/mol. The molecule has 1 aromatic rings. The Balaban J connectivity index is 3.22. The highest BCUT2D eigenvalue weighted by Gasteiger charge is 2.14. The monoisotopic (exact) mass is 247 g/mol. The minimum absolute atomic E-state index is 0.0469. The number of aliphatic imine (C=N–C) groups is 1. The van der Waals surface area contributed by atoms with Crippen LogP contribution < -0.4 is 16.4 Å². The SMILES string of the molecule is CCc1cccc(CC)c1N(C)C(=N)N=C(N)N. The Hall–Kier alpha value is -2.04. The van der Waals surface area contributed by atoms with Crippen LogP contribution in [0.3, 0.4) is 0 Å². The highest BCUT2D eigenvalue weighted by molar-refractivity contribution is 6.01. The molecule has 18 heavy (non-hydrogen) atoms. The summed E-state index contributed by atoms with van der Waals surface area (Å²) in [6, 6.07) is 6.17. The second kappa shape index (κ2) is 6.05. The van der Waals surface area contributed by atoms with Crippen LogP contribution in [0.4, 0.5) is 5.69 Å². The van der Waals surface area contributed by atoms with E-state index in [1.165, 1.54) is 11.1 Å². The van der Waals surface area contributed by atoms with Crippen LogP contribution in [0, 0.1) is 5.41 Å². The van der Waals surface area contributed by atoms with Crippen LogP contribution in [0.5, 0.6) is 0 Å². The third kappa shape index (κ3) is 3.00. The number of hydrogen-bond acceptors (Lipinski definition) is 1. The molecule has 5 nitrogen and oxygen atoms in total. The van der Waals surface area contributed by atoms with Crippen molar-refractivity contribution in [2.75, 3.05) is 11.9 Å². The molecule has 1 rings (SSSR count). The molecular weight excluding hydrogens is 226 g/mol. The first-order valence-electron chi connectivity index (χ1n) is 6.03. The number of aryl methyl sites for hydroxylation is 2. The van der Waals surface area contributed by atoms with Crippen LogP contribution in [0.2, 0.25) is 0 Å². The second-order valence-electron chi connectivity index (χ2n) is 4.05. The van der Waals surface area contributed by atoms with Gasteiger partial charge in [0.05, 0.1) is 0 Å². The van der Waals surface area contributed by atoms with Crippen molar-refractivity contribution >= 4 is 17.6 Å². The standard InChI is InChI=1S/C13H21N5/c1-4-9-7-6-8-10(5-2)11(9)18(3)13(16)17-12(14)15/h6-8H,4-5H2,1-3H3,(H5,14,15,16,17). The van der Waals surface area contributed by atoms with E-state index in [1.807, 2.05) is 13.1 Å². The number of benzene rings is 1. The largest absolute Gasteiger partial charge is 0.370 e. The number of nitrogens with zero attached hydrogens (tertiary/aromatic N) is 2. The molecule has 5 N–H and O–H groups in total. The van der Waals surface area contributed by atoms with Gasteiger partial charge in [-0.25, -0.2) is 0 Å². The molecule has 0 heterocycles. The summed E-state index contributed by atoms with van der Waals surface area (Å²) in [5.41, 5.74) is 14.0. The van der Waals surface area contributed by atoms with Crippen molar-refractivity contribution in [1.29, 1.82) is 5.41 Å². The Bertz CT molecular complexity index is 438. The molecule has 1 aromatic carbocycles. The Labute approximate surface area is 108 Å². The normalized spacial score (nSPS) is 9.94. The Morgan fingerprint density at radius 3 is 2.11 bits per heavy atom. The predicted octanol–water partition coefficient (Wildman–Crippen LogP) is 1.46. The van der Waals surface area contributed by atoms with E-state index < -0.39 is 0 Å². The molecule has 0 unspecified atom stereocenters. The van der Waals surface area contributed by atoms with E-state index in [0.717, 1.165) is 18.5 Å². The maximum atomic E-state index is 7.88. The Morgan fingerprint density at radius 1 is 1.22 bits per heavy atom. The van der Waals surface area contributed by atoms with Crippen molar-refractivity contribution in [2.24, 2.45) is 16.5 Å². The lowest BCUT2D eigenvalue weighted by Crippen LogP contribution is -2.31. The van der Waals surface area contributed by atoms with Crippen LogP contribution in [-0.4, -0.2) is 19.0 Å². The second-order valence-corrected chi connectivity index (χ2v) is 4.05. The van der Waals surface area contributed by atoms with Gasteiger partial charge >= 0.3 is 0 Å². The van der Waals surface area contributed by atoms with E-state index in [4.69, 9.17) is 16.9 Å².